The Labute approximate surface area is 94.7 Å². The van der Waals surface area contributed by atoms with Crippen molar-refractivity contribution in [2.24, 2.45) is 0 Å². The maximum Gasteiger partial charge on any atom is 2.00 e. The zero-order chi connectivity index (χ0) is 5.70. The van der Waals surface area contributed by atoms with Crippen LogP contribution in [0.25, 0.3) is 0 Å². The van der Waals surface area contributed by atoms with Crippen LogP contribution in [0.3, 0.4) is 0 Å². The zero-order valence-electron chi connectivity index (χ0n) is 7.74. The molecule has 0 saturated heterocycles. The fraction of sp³-hybridized carbons (Fsp3) is 0.857. The Morgan fingerprint density at radius 2 is 1.10 bits per heavy atom. The number of hydrogen-bond acceptors (Lipinski definition) is 0. The summed E-state index contributed by atoms with van der Waals surface area (Å²) in [6.45, 7) is 6.92. The summed E-state index contributed by atoms with van der Waals surface area (Å²) in [5.74, 6) is 0. The molecule has 0 aliphatic rings. The van der Waals surface area contributed by atoms with Gasteiger partial charge in [0, 0.05) is 0 Å². The third-order valence-corrected chi connectivity index (χ3v) is 4.50. The molecule has 0 N–H and O–H groups in total. The summed E-state index contributed by atoms with van der Waals surface area (Å²) >= 11 is 0. The normalized spacial score (nSPS) is 7.20. The molecule has 0 heterocycles. The summed E-state index contributed by atoms with van der Waals surface area (Å²) in [4.78, 5) is 0. The molecule has 0 aromatic rings. The van der Waals surface area contributed by atoms with Crippen molar-refractivity contribution in [3.63, 3.8) is 0 Å². The summed E-state index contributed by atoms with van der Waals surface area (Å²) in [6, 6.07) is 4.37. The van der Waals surface area contributed by atoms with Crippen LogP contribution < -0.4 is 0 Å². The molecule has 0 nitrogen and oxygen atoms in total. The Hall–Kier alpha value is 1.46. The van der Waals surface area contributed by atoms with Gasteiger partial charge in [-0.05, 0) is 0 Å². The first-order valence-corrected chi connectivity index (χ1v) is 5.30. The molecule has 0 rings (SSSR count). The molecule has 0 fully saturated rings. The van der Waals surface area contributed by atoms with E-state index in [2.05, 4.69) is 20.8 Å². The molecular formula is C7H19BrMgSi. The van der Waals surface area contributed by atoms with Crippen LogP contribution in [0.5, 0.6) is 0 Å². The molecular weight excluding hydrogens is 216 g/mol. The van der Waals surface area contributed by atoms with Crippen LogP contribution in [-0.4, -0.2) is 31.8 Å². The van der Waals surface area contributed by atoms with Gasteiger partial charge in [-0.3, -0.25) is 8.80 Å². The van der Waals surface area contributed by atoms with Gasteiger partial charge in [-0.1, -0.05) is 20.8 Å². The van der Waals surface area contributed by atoms with Crippen LogP contribution >= 0.6 is 17.0 Å². The van der Waals surface area contributed by atoms with Crippen LogP contribution in [-0.2, 0) is 0 Å². The van der Waals surface area contributed by atoms with E-state index in [1.807, 2.05) is 0 Å². The second-order valence-electron chi connectivity index (χ2n) is 1.81. The first kappa shape index (κ1) is 22.5. The van der Waals surface area contributed by atoms with Crippen molar-refractivity contribution in [2.75, 3.05) is 0 Å². The molecule has 0 radical (unpaired) electrons. The van der Waals surface area contributed by atoms with Crippen molar-refractivity contribution in [3.8, 4) is 0 Å². The number of rotatable bonds is 3. The van der Waals surface area contributed by atoms with Crippen LogP contribution in [0.15, 0.2) is 0 Å². The minimum absolute atomic E-state index is 0. The fourth-order valence-electron chi connectivity index (χ4n) is 0.750. The van der Waals surface area contributed by atoms with Crippen LogP contribution in [0.4, 0.5) is 0 Å². The van der Waals surface area contributed by atoms with Gasteiger partial charge in [0.05, 0.1) is 0 Å². The fourth-order valence-corrected chi connectivity index (χ4v) is 2.25. The summed E-state index contributed by atoms with van der Waals surface area (Å²) in [6.07, 6.45) is 0. The first-order valence-electron chi connectivity index (χ1n) is 3.18. The van der Waals surface area contributed by atoms with E-state index in [0.29, 0.717) is 0 Å². The molecule has 0 spiro atoms. The summed E-state index contributed by atoms with van der Waals surface area (Å²) < 4.78 is 0. The number of hydrogen-bond donors (Lipinski definition) is 0. The first-order chi connectivity index (χ1) is 3.35. The van der Waals surface area contributed by atoms with Gasteiger partial charge in [0.25, 0.3) is 0 Å². The van der Waals surface area contributed by atoms with Gasteiger partial charge in [-0.25, -0.2) is 0 Å². The SMILES string of the molecule is Br.CC[Si-](CC)CC.[CH3-].[Mg+2]. The molecule has 0 aliphatic carbocycles. The molecule has 0 aromatic heterocycles. The topological polar surface area (TPSA) is 0 Å². The van der Waals surface area contributed by atoms with Gasteiger partial charge in [0.15, 0.2) is 0 Å². The molecule has 0 atom stereocenters. The molecule has 0 unspecified atom stereocenters. The zero-order valence-corrected chi connectivity index (χ0v) is 11.9. The standard InChI is InChI=1S/C6H15Si.CH3.BrH.Mg/c1-4-7(5-2)6-3;;;/h4-6H2,1-3H3;1H3;1H;/q2*-1;;+2. The van der Waals surface area contributed by atoms with E-state index in [9.17, 15) is 0 Å². The summed E-state index contributed by atoms with van der Waals surface area (Å²) in [5, 5.41) is 0. The Bertz CT molecular complexity index is 35.1. The van der Waals surface area contributed by atoms with Gasteiger partial charge in [0.1, 0.15) is 0 Å². The maximum absolute atomic E-state index is 2.31. The van der Waals surface area contributed by atoms with E-state index < -0.39 is 0 Å². The van der Waals surface area contributed by atoms with Gasteiger partial charge in [-0.2, -0.15) is 18.1 Å². The van der Waals surface area contributed by atoms with E-state index in [-0.39, 0.29) is 56.3 Å². The third-order valence-electron chi connectivity index (χ3n) is 1.50. The van der Waals surface area contributed by atoms with Crippen LogP contribution in [0.2, 0.25) is 18.1 Å². The second-order valence-corrected chi connectivity index (χ2v) is 5.43. The molecule has 0 bridgehead atoms. The number of halogens is 1. The van der Waals surface area contributed by atoms with E-state index in [1.54, 1.807) is 0 Å². The predicted molar refractivity (Wildman–Crippen MR) is 59.7 cm³/mol. The Balaban J connectivity index is -0.0000000600. The second kappa shape index (κ2) is 16.8. The Kier molecular flexibility index (Phi) is 37.9. The van der Waals surface area contributed by atoms with Gasteiger partial charge in [0.2, 0.25) is 0 Å². The summed E-state index contributed by atoms with van der Waals surface area (Å²) in [5.41, 5.74) is 0. The quantitative estimate of drug-likeness (QED) is 0.521. The molecule has 3 heteroatoms. The molecule has 10 heavy (non-hydrogen) atoms. The Morgan fingerprint density at radius 1 is 0.900 bits per heavy atom. The van der Waals surface area contributed by atoms with Crippen LogP contribution in [0, 0.1) is 7.43 Å². The summed E-state index contributed by atoms with van der Waals surface area (Å²) in [7, 11) is 0.137. The van der Waals surface area contributed by atoms with Crippen molar-refractivity contribution in [1.29, 1.82) is 0 Å². The van der Waals surface area contributed by atoms with E-state index >= 15 is 0 Å². The molecule has 0 amide bonds. The van der Waals surface area contributed by atoms with E-state index in [1.165, 1.54) is 18.1 Å². The monoisotopic (exact) mass is 234 g/mol. The van der Waals surface area contributed by atoms with Crippen molar-refractivity contribution in [1.82, 2.24) is 0 Å². The van der Waals surface area contributed by atoms with Gasteiger partial charge >= 0.3 is 23.1 Å². The van der Waals surface area contributed by atoms with Gasteiger partial charge < -0.3 is 7.43 Å². The molecule has 0 aromatic carbocycles. The van der Waals surface area contributed by atoms with E-state index in [0.717, 1.165) is 0 Å². The van der Waals surface area contributed by atoms with Crippen molar-refractivity contribution < 1.29 is 0 Å². The van der Waals surface area contributed by atoms with Gasteiger partial charge in [-0.15, -0.1) is 17.0 Å². The largest absolute Gasteiger partial charge is 2.00 e. The van der Waals surface area contributed by atoms with Crippen molar-refractivity contribution >= 4 is 48.8 Å². The predicted octanol–water partition coefficient (Wildman–Crippen LogP) is 3.19. The molecule has 60 valence electrons. The third kappa shape index (κ3) is 12.2. The van der Waals surface area contributed by atoms with Crippen molar-refractivity contribution in [3.05, 3.63) is 7.43 Å². The average Bonchev–Trinajstić information content (AvgIpc) is 1.72. The average molecular weight is 236 g/mol. The van der Waals surface area contributed by atoms with E-state index in [4.69, 9.17) is 0 Å². The smallest absolute Gasteiger partial charge is 0.358 e. The maximum atomic E-state index is 2.31. The minimum Gasteiger partial charge on any atom is -0.358 e. The Morgan fingerprint density at radius 3 is 1.10 bits per heavy atom. The minimum atomic E-state index is 0. The molecule has 0 aliphatic heterocycles. The van der Waals surface area contributed by atoms with Crippen molar-refractivity contribution in [2.45, 2.75) is 38.9 Å². The molecule has 0 saturated carbocycles. The van der Waals surface area contributed by atoms with Crippen LogP contribution in [0.1, 0.15) is 20.8 Å².